The molecule has 2 unspecified atom stereocenters. The number of nitrogens with zero attached hydrogens (tertiary/aromatic N) is 2. The number of nitrogens with one attached hydrogen (secondary N) is 1. The molecule has 7 heteroatoms. The Hall–Kier alpha value is -1.99. The minimum absolute atomic E-state index is 0.00582. The average Bonchev–Trinajstić information content (AvgIpc) is 2.60. The van der Waals surface area contributed by atoms with Gasteiger partial charge in [-0.2, -0.15) is 0 Å². The molecule has 136 valence electrons. The molecule has 25 heavy (non-hydrogen) atoms. The smallest absolute Gasteiger partial charge is 0.269 e. The summed E-state index contributed by atoms with van der Waals surface area (Å²) in [6.07, 6.45) is 5.45. The first-order chi connectivity index (χ1) is 12.0. The number of benzene rings is 1. The Morgan fingerprint density at radius 2 is 2.08 bits per heavy atom. The van der Waals surface area contributed by atoms with E-state index >= 15 is 0 Å². The minimum atomic E-state index is -0.490. The van der Waals surface area contributed by atoms with Gasteiger partial charge in [-0.3, -0.25) is 14.9 Å². The molecule has 2 aliphatic rings. The van der Waals surface area contributed by atoms with Crippen LogP contribution >= 0.6 is 0 Å². The van der Waals surface area contributed by atoms with Crippen molar-refractivity contribution >= 4 is 17.3 Å². The van der Waals surface area contributed by atoms with Gasteiger partial charge in [0.2, 0.25) is 5.91 Å². The summed E-state index contributed by atoms with van der Waals surface area (Å²) in [4.78, 5) is 24.5. The van der Waals surface area contributed by atoms with Crippen LogP contribution in [0.4, 0.5) is 11.4 Å². The number of hydrogen-bond acceptors (Lipinski definition) is 5. The number of fused-ring (bicyclic) bond motifs is 1. The maximum absolute atomic E-state index is 12.1. The lowest BCUT2D eigenvalue weighted by atomic mass is 9.71. The molecule has 1 aliphatic heterocycles. The van der Waals surface area contributed by atoms with E-state index in [9.17, 15) is 20.0 Å². The molecule has 0 spiro atoms. The molecular formula is C18H25N3O4. The lowest BCUT2D eigenvalue weighted by molar-refractivity contribution is -0.384. The van der Waals surface area contributed by atoms with Gasteiger partial charge >= 0.3 is 0 Å². The molecule has 3 rings (SSSR count). The Bertz CT molecular complexity index is 634. The molecule has 7 nitrogen and oxygen atoms in total. The highest BCUT2D eigenvalue weighted by molar-refractivity contribution is 5.90. The molecule has 2 N–H and O–H groups in total. The first kappa shape index (κ1) is 17.8. The van der Waals surface area contributed by atoms with Crippen molar-refractivity contribution in [2.24, 2.45) is 5.92 Å². The SMILES string of the molecule is O=C(CCN1CCC2(O)CCCCC2C1)Nc1ccc([N+](=O)[O-])cc1. The van der Waals surface area contributed by atoms with Crippen LogP contribution in [0.15, 0.2) is 24.3 Å². The van der Waals surface area contributed by atoms with Crippen molar-refractivity contribution in [1.82, 2.24) is 4.90 Å². The number of aliphatic hydroxyl groups is 1. The number of piperidine rings is 1. The Labute approximate surface area is 147 Å². The van der Waals surface area contributed by atoms with Gasteiger partial charge in [-0.15, -0.1) is 0 Å². The third-order valence-corrected chi connectivity index (χ3v) is 5.53. The van der Waals surface area contributed by atoms with Gasteiger partial charge in [0.25, 0.3) is 5.69 Å². The summed E-state index contributed by atoms with van der Waals surface area (Å²) in [5.41, 5.74) is 0.0812. The normalized spacial score (nSPS) is 26.7. The van der Waals surface area contributed by atoms with E-state index in [1.807, 2.05) is 0 Å². The zero-order valence-electron chi connectivity index (χ0n) is 14.3. The van der Waals surface area contributed by atoms with Crippen LogP contribution in [0.5, 0.6) is 0 Å². The topological polar surface area (TPSA) is 95.7 Å². The van der Waals surface area contributed by atoms with Crippen molar-refractivity contribution in [3.63, 3.8) is 0 Å². The second kappa shape index (κ2) is 7.49. The second-order valence-electron chi connectivity index (χ2n) is 7.20. The maximum Gasteiger partial charge on any atom is 0.269 e. The lowest BCUT2D eigenvalue weighted by Gasteiger charge is -2.47. The molecule has 2 fully saturated rings. The van der Waals surface area contributed by atoms with Crippen LogP contribution in [-0.4, -0.2) is 46.1 Å². The highest BCUT2D eigenvalue weighted by Crippen LogP contribution is 2.39. The van der Waals surface area contributed by atoms with Gasteiger partial charge in [0.1, 0.15) is 0 Å². The number of nitro benzene ring substituents is 1. The van der Waals surface area contributed by atoms with Crippen LogP contribution < -0.4 is 5.32 Å². The van der Waals surface area contributed by atoms with E-state index in [1.54, 1.807) is 12.1 Å². The molecule has 1 aromatic carbocycles. The van der Waals surface area contributed by atoms with E-state index in [4.69, 9.17) is 0 Å². The number of amides is 1. The fourth-order valence-corrected chi connectivity index (χ4v) is 3.99. The molecule has 1 saturated carbocycles. The predicted octanol–water partition coefficient (Wildman–Crippen LogP) is 2.55. The Kier molecular flexibility index (Phi) is 5.34. The summed E-state index contributed by atoms with van der Waals surface area (Å²) in [6, 6.07) is 5.84. The Morgan fingerprint density at radius 1 is 1.32 bits per heavy atom. The fourth-order valence-electron chi connectivity index (χ4n) is 3.99. The van der Waals surface area contributed by atoms with Crippen LogP contribution in [-0.2, 0) is 4.79 Å². The van der Waals surface area contributed by atoms with E-state index in [2.05, 4.69) is 10.2 Å². The molecular weight excluding hydrogens is 322 g/mol. The first-order valence-corrected chi connectivity index (χ1v) is 8.95. The zero-order chi connectivity index (χ0) is 17.9. The van der Waals surface area contributed by atoms with Gasteiger partial charge in [0, 0.05) is 49.8 Å². The highest BCUT2D eigenvalue weighted by atomic mass is 16.6. The summed E-state index contributed by atoms with van der Waals surface area (Å²) >= 11 is 0. The third-order valence-electron chi connectivity index (χ3n) is 5.53. The van der Waals surface area contributed by atoms with Crippen molar-refractivity contribution in [3.05, 3.63) is 34.4 Å². The molecule has 1 aliphatic carbocycles. The summed E-state index contributed by atoms with van der Waals surface area (Å²) < 4.78 is 0. The molecule has 1 amide bonds. The summed E-state index contributed by atoms with van der Waals surface area (Å²) in [5, 5.41) is 24.1. The number of carbonyl (C=O) groups is 1. The van der Waals surface area contributed by atoms with E-state index in [1.165, 1.54) is 18.6 Å². The van der Waals surface area contributed by atoms with Gasteiger partial charge < -0.3 is 15.3 Å². The molecule has 1 heterocycles. The molecule has 0 bridgehead atoms. The molecule has 1 aromatic rings. The molecule has 0 aromatic heterocycles. The Balaban J connectivity index is 1.45. The van der Waals surface area contributed by atoms with Crippen molar-refractivity contribution in [2.45, 2.75) is 44.1 Å². The maximum atomic E-state index is 12.1. The average molecular weight is 347 g/mol. The standard InChI is InChI=1S/C18H25N3O4/c22-17(19-15-4-6-16(7-5-15)21(24)25)8-11-20-12-10-18(23)9-2-1-3-14(18)13-20/h4-7,14,23H,1-3,8-13H2,(H,19,22). The lowest BCUT2D eigenvalue weighted by Crippen LogP contribution is -2.53. The van der Waals surface area contributed by atoms with Crippen molar-refractivity contribution < 1.29 is 14.8 Å². The summed E-state index contributed by atoms with van der Waals surface area (Å²) in [5.74, 6) is 0.228. The largest absolute Gasteiger partial charge is 0.390 e. The second-order valence-corrected chi connectivity index (χ2v) is 7.20. The van der Waals surface area contributed by atoms with E-state index < -0.39 is 10.5 Å². The minimum Gasteiger partial charge on any atom is -0.390 e. The highest BCUT2D eigenvalue weighted by Gasteiger charge is 2.42. The van der Waals surface area contributed by atoms with E-state index in [0.29, 0.717) is 24.6 Å². The van der Waals surface area contributed by atoms with Crippen molar-refractivity contribution in [2.75, 3.05) is 25.0 Å². The fraction of sp³-hybridized carbons (Fsp3) is 0.611. The number of carbonyl (C=O) groups excluding carboxylic acids is 1. The van der Waals surface area contributed by atoms with Crippen LogP contribution in [0.3, 0.4) is 0 Å². The van der Waals surface area contributed by atoms with Crippen molar-refractivity contribution in [1.29, 1.82) is 0 Å². The van der Waals surface area contributed by atoms with E-state index in [0.717, 1.165) is 38.8 Å². The molecule has 2 atom stereocenters. The molecule has 0 radical (unpaired) electrons. The quantitative estimate of drug-likeness (QED) is 0.630. The monoisotopic (exact) mass is 347 g/mol. The van der Waals surface area contributed by atoms with Crippen molar-refractivity contribution in [3.8, 4) is 0 Å². The first-order valence-electron chi connectivity index (χ1n) is 8.95. The number of likely N-dealkylation sites (tertiary alicyclic amines) is 1. The zero-order valence-corrected chi connectivity index (χ0v) is 14.3. The Morgan fingerprint density at radius 3 is 2.80 bits per heavy atom. The van der Waals surface area contributed by atoms with Crippen LogP contribution in [0.2, 0.25) is 0 Å². The number of hydrogen-bond donors (Lipinski definition) is 2. The van der Waals surface area contributed by atoms with Crippen LogP contribution in [0, 0.1) is 16.0 Å². The van der Waals surface area contributed by atoms with Gasteiger partial charge in [-0.05, 0) is 31.4 Å². The van der Waals surface area contributed by atoms with Gasteiger partial charge in [-0.1, -0.05) is 12.8 Å². The summed E-state index contributed by atoms with van der Waals surface area (Å²) in [7, 11) is 0. The number of rotatable bonds is 5. The van der Waals surface area contributed by atoms with E-state index in [-0.39, 0.29) is 11.6 Å². The molecule has 1 saturated heterocycles. The summed E-state index contributed by atoms with van der Waals surface area (Å²) in [6.45, 7) is 2.37. The third kappa shape index (κ3) is 4.35. The number of non-ortho nitro benzene ring substituents is 1. The number of nitro groups is 1. The number of anilines is 1. The van der Waals surface area contributed by atoms with Crippen LogP contribution in [0.25, 0.3) is 0 Å². The van der Waals surface area contributed by atoms with Gasteiger partial charge in [0.15, 0.2) is 0 Å². The van der Waals surface area contributed by atoms with Crippen LogP contribution in [0.1, 0.15) is 38.5 Å². The predicted molar refractivity (Wildman–Crippen MR) is 94.3 cm³/mol. The van der Waals surface area contributed by atoms with Gasteiger partial charge in [-0.25, -0.2) is 0 Å². The van der Waals surface area contributed by atoms with Gasteiger partial charge in [0.05, 0.1) is 10.5 Å².